The van der Waals surface area contributed by atoms with Gasteiger partial charge in [0.15, 0.2) is 11.0 Å². The van der Waals surface area contributed by atoms with Gasteiger partial charge < -0.3 is 15.4 Å². The van der Waals surface area contributed by atoms with Crippen LogP contribution in [0.1, 0.15) is 6.92 Å². The molecule has 1 saturated heterocycles. The highest BCUT2D eigenvalue weighted by atomic mass is 16.6. The van der Waals surface area contributed by atoms with Crippen molar-refractivity contribution < 1.29 is 9.37 Å². The summed E-state index contributed by atoms with van der Waals surface area (Å²) in [6.07, 6.45) is 0.219. The zero-order valence-corrected chi connectivity index (χ0v) is 9.59. The van der Waals surface area contributed by atoms with Gasteiger partial charge in [0.05, 0.1) is 24.1 Å². The SMILES string of the molecule is CC1CN(c2ccc(N)c3nonc23)CCO1. The summed E-state index contributed by atoms with van der Waals surface area (Å²) in [5, 5.41) is 7.75. The van der Waals surface area contributed by atoms with Crippen molar-refractivity contribution in [3.05, 3.63) is 12.1 Å². The summed E-state index contributed by atoms with van der Waals surface area (Å²) in [7, 11) is 0. The lowest BCUT2D eigenvalue weighted by molar-refractivity contribution is 0.0533. The minimum Gasteiger partial charge on any atom is -0.397 e. The van der Waals surface area contributed by atoms with E-state index in [0.717, 1.165) is 30.9 Å². The molecule has 1 atom stereocenters. The first-order valence-corrected chi connectivity index (χ1v) is 5.63. The molecule has 0 amide bonds. The molecule has 6 heteroatoms. The Morgan fingerprint density at radius 1 is 1.35 bits per heavy atom. The number of fused-ring (bicyclic) bond motifs is 1. The van der Waals surface area contributed by atoms with Crippen LogP contribution >= 0.6 is 0 Å². The Hall–Kier alpha value is -1.82. The van der Waals surface area contributed by atoms with Gasteiger partial charge in [-0.3, -0.25) is 0 Å². The number of hydrogen-bond acceptors (Lipinski definition) is 6. The van der Waals surface area contributed by atoms with E-state index in [0.29, 0.717) is 11.2 Å². The second kappa shape index (κ2) is 3.89. The highest BCUT2D eigenvalue weighted by Crippen LogP contribution is 2.29. The summed E-state index contributed by atoms with van der Waals surface area (Å²) in [5.74, 6) is 0. The molecule has 0 radical (unpaired) electrons. The van der Waals surface area contributed by atoms with E-state index in [1.807, 2.05) is 12.1 Å². The summed E-state index contributed by atoms with van der Waals surface area (Å²) < 4.78 is 10.3. The van der Waals surface area contributed by atoms with Gasteiger partial charge in [-0.15, -0.1) is 0 Å². The van der Waals surface area contributed by atoms with E-state index in [1.54, 1.807) is 0 Å². The predicted octanol–water partition coefficient (Wildman–Crippen LogP) is 1.03. The maximum Gasteiger partial charge on any atom is 0.160 e. The fraction of sp³-hybridized carbons (Fsp3) is 0.455. The molecular formula is C11H14N4O2. The Morgan fingerprint density at radius 2 is 2.18 bits per heavy atom. The van der Waals surface area contributed by atoms with Crippen LogP contribution in [-0.4, -0.2) is 36.1 Å². The van der Waals surface area contributed by atoms with Gasteiger partial charge in [0.1, 0.15) is 0 Å². The zero-order chi connectivity index (χ0) is 11.8. The lowest BCUT2D eigenvalue weighted by atomic mass is 10.2. The highest BCUT2D eigenvalue weighted by Gasteiger charge is 2.21. The van der Waals surface area contributed by atoms with Gasteiger partial charge in [-0.25, -0.2) is 4.63 Å². The van der Waals surface area contributed by atoms with Crippen molar-refractivity contribution in [2.45, 2.75) is 13.0 Å². The molecule has 0 spiro atoms. The van der Waals surface area contributed by atoms with Crippen molar-refractivity contribution in [2.24, 2.45) is 0 Å². The molecular weight excluding hydrogens is 220 g/mol. The first-order valence-electron chi connectivity index (χ1n) is 5.63. The number of nitrogens with two attached hydrogens (primary N) is 1. The van der Waals surface area contributed by atoms with Crippen molar-refractivity contribution in [1.82, 2.24) is 10.3 Å². The van der Waals surface area contributed by atoms with E-state index < -0.39 is 0 Å². The number of aromatic nitrogens is 2. The molecule has 3 rings (SSSR count). The number of anilines is 2. The average Bonchev–Trinajstić information content (AvgIpc) is 2.79. The van der Waals surface area contributed by atoms with Crippen molar-refractivity contribution in [1.29, 1.82) is 0 Å². The normalized spacial score (nSPS) is 21.0. The molecule has 1 aromatic carbocycles. The Kier molecular flexibility index (Phi) is 2.36. The Balaban J connectivity index is 2.05. The van der Waals surface area contributed by atoms with Gasteiger partial charge in [-0.05, 0) is 29.4 Å². The van der Waals surface area contributed by atoms with Crippen LogP contribution in [0.15, 0.2) is 16.8 Å². The predicted molar refractivity (Wildman–Crippen MR) is 63.8 cm³/mol. The molecule has 0 saturated carbocycles. The third-order valence-electron chi connectivity index (χ3n) is 3.01. The minimum atomic E-state index is 0.219. The van der Waals surface area contributed by atoms with Crippen molar-refractivity contribution in [3.8, 4) is 0 Å². The second-order valence-corrected chi connectivity index (χ2v) is 4.26. The lowest BCUT2D eigenvalue weighted by Crippen LogP contribution is -2.41. The summed E-state index contributed by atoms with van der Waals surface area (Å²) in [5.41, 5.74) is 8.76. The van der Waals surface area contributed by atoms with Crippen molar-refractivity contribution in [3.63, 3.8) is 0 Å². The molecule has 2 heterocycles. The van der Waals surface area contributed by atoms with Gasteiger partial charge in [0.2, 0.25) is 0 Å². The standard InChI is InChI=1S/C11H14N4O2/c1-7-6-15(4-5-16-7)9-3-2-8(12)10-11(9)14-17-13-10/h2-3,7H,4-6,12H2,1H3. The number of benzene rings is 1. The smallest absolute Gasteiger partial charge is 0.160 e. The molecule has 6 nitrogen and oxygen atoms in total. The molecule has 0 bridgehead atoms. The Bertz CT molecular complexity index is 539. The van der Waals surface area contributed by atoms with Crippen molar-refractivity contribution in [2.75, 3.05) is 30.3 Å². The maximum absolute atomic E-state index is 5.82. The van der Waals surface area contributed by atoms with Crippen LogP contribution in [0.5, 0.6) is 0 Å². The van der Waals surface area contributed by atoms with E-state index in [2.05, 4.69) is 22.1 Å². The molecule has 2 aromatic rings. The molecule has 1 aliphatic heterocycles. The summed E-state index contributed by atoms with van der Waals surface area (Å²) >= 11 is 0. The number of morpholine rings is 1. The van der Waals surface area contributed by atoms with Crippen LogP contribution in [0.25, 0.3) is 11.0 Å². The van der Waals surface area contributed by atoms with E-state index in [9.17, 15) is 0 Å². The van der Waals surface area contributed by atoms with Crippen LogP contribution in [0.4, 0.5) is 11.4 Å². The number of hydrogen-bond donors (Lipinski definition) is 1. The highest BCUT2D eigenvalue weighted by molar-refractivity contribution is 5.95. The fourth-order valence-electron chi connectivity index (χ4n) is 2.17. The van der Waals surface area contributed by atoms with Gasteiger partial charge in [0.25, 0.3) is 0 Å². The average molecular weight is 234 g/mol. The van der Waals surface area contributed by atoms with Gasteiger partial charge >= 0.3 is 0 Å². The van der Waals surface area contributed by atoms with Crippen LogP contribution in [0.3, 0.4) is 0 Å². The van der Waals surface area contributed by atoms with Crippen LogP contribution in [-0.2, 0) is 4.74 Å². The molecule has 1 fully saturated rings. The Morgan fingerprint density at radius 3 is 3.00 bits per heavy atom. The topological polar surface area (TPSA) is 77.4 Å². The van der Waals surface area contributed by atoms with E-state index >= 15 is 0 Å². The molecule has 0 aliphatic carbocycles. The quantitative estimate of drug-likeness (QED) is 0.742. The minimum absolute atomic E-state index is 0.219. The van der Waals surface area contributed by atoms with Gasteiger partial charge in [0, 0.05) is 13.1 Å². The molecule has 1 aliphatic rings. The summed E-state index contributed by atoms with van der Waals surface area (Å²) in [6, 6.07) is 3.79. The molecule has 2 N–H and O–H groups in total. The number of nitrogens with zero attached hydrogens (tertiary/aromatic N) is 3. The van der Waals surface area contributed by atoms with Gasteiger partial charge in [-0.1, -0.05) is 0 Å². The van der Waals surface area contributed by atoms with Crippen LogP contribution in [0, 0.1) is 0 Å². The number of ether oxygens (including phenoxy) is 1. The summed E-state index contributed by atoms with van der Waals surface area (Å²) in [4.78, 5) is 2.22. The lowest BCUT2D eigenvalue weighted by Gasteiger charge is -2.32. The number of rotatable bonds is 1. The zero-order valence-electron chi connectivity index (χ0n) is 9.59. The molecule has 1 unspecified atom stereocenters. The first kappa shape index (κ1) is 10.3. The van der Waals surface area contributed by atoms with E-state index in [-0.39, 0.29) is 6.10 Å². The van der Waals surface area contributed by atoms with Gasteiger partial charge in [-0.2, -0.15) is 0 Å². The fourth-order valence-corrected chi connectivity index (χ4v) is 2.17. The van der Waals surface area contributed by atoms with Crippen LogP contribution in [0.2, 0.25) is 0 Å². The Labute approximate surface area is 98.3 Å². The second-order valence-electron chi connectivity index (χ2n) is 4.26. The van der Waals surface area contributed by atoms with E-state index in [4.69, 9.17) is 15.1 Å². The summed E-state index contributed by atoms with van der Waals surface area (Å²) in [6.45, 7) is 4.46. The maximum atomic E-state index is 5.82. The third-order valence-corrected chi connectivity index (χ3v) is 3.01. The largest absolute Gasteiger partial charge is 0.397 e. The molecule has 17 heavy (non-hydrogen) atoms. The molecule has 90 valence electrons. The number of nitrogen functional groups attached to an aromatic ring is 1. The van der Waals surface area contributed by atoms with Crippen LogP contribution < -0.4 is 10.6 Å². The van der Waals surface area contributed by atoms with E-state index in [1.165, 1.54) is 0 Å². The molecule has 1 aromatic heterocycles. The monoisotopic (exact) mass is 234 g/mol. The first-order chi connectivity index (χ1) is 8.25. The third kappa shape index (κ3) is 1.70. The van der Waals surface area contributed by atoms with Crippen molar-refractivity contribution >= 4 is 22.4 Å².